The second kappa shape index (κ2) is 6.10. The fraction of sp³-hybridized carbons (Fsp3) is 0.273. The lowest BCUT2D eigenvalue weighted by atomic mass is 10.1. The molecule has 1 rings (SSSR count). The molecule has 0 saturated carbocycles. The summed E-state index contributed by atoms with van der Waals surface area (Å²) in [4.78, 5) is 22.1. The predicted molar refractivity (Wildman–Crippen MR) is 62.2 cm³/mol. The van der Waals surface area contributed by atoms with Gasteiger partial charge in [-0.25, -0.2) is 4.79 Å². The number of nitrogens with one attached hydrogen (secondary N) is 1. The number of methoxy groups -OCH3 is 1. The molecule has 0 bridgehead atoms. The zero-order valence-electron chi connectivity index (χ0n) is 9.14. The van der Waals surface area contributed by atoms with Gasteiger partial charge >= 0.3 is 5.97 Å². The Hall–Kier alpha value is -1.75. The molecule has 0 fully saturated rings. The summed E-state index contributed by atoms with van der Waals surface area (Å²) in [7, 11) is 1.51. The van der Waals surface area contributed by atoms with Crippen molar-refractivity contribution in [3.05, 3.63) is 29.8 Å². The van der Waals surface area contributed by atoms with Crippen molar-refractivity contribution in [1.82, 2.24) is 5.32 Å². The van der Waals surface area contributed by atoms with Crippen LogP contribution in [0.5, 0.6) is 5.75 Å². The van der Waals surface area contributed by atoms with Crippen LogP contribution in [0.2, 0.25) is 0 Å². The van der Waals surface area contributed by atoms with E-state index in [9.17, 15) is 9.59 Å². The standard InChI is InChI=1S/C11H12ClNO4/c1-17-8-4-2-7(3-5-8)10(11(15)16)13-9(14)6-12/h2-5,10H,6H2,1H3,(H,13,14)(H,15,16)/t10-/m1/s1. The topological polar surface area (TPSA) is 75.6 Å². The molecule has 0 aliphatic heterocycles. The van der Waals surface area contributed by atoms with Crippen molar-refractivity contribution < 1.29 is 19.4 Å². The number of benzene rings is 1. The maximum Gasteiger partial charge on any atom is 0.330 e. The Morgan fingerprint density at radius 3 is 2.41 bits per heavy atom. The van der Waals surface area contributed by atoms with Gasteiger partial charge in [0.25, 0.3) is 0 Å². The fourth-order valence-corrected chi connectivity index (χ4v) is 1.36. The number of hydrogen-bond donors (Lipinski definition) is 2. The first-order valence-corrected chi connectivity index (χ1v) is 5.34. The average molecular weight is 258 g/mol. The number of hydrogen-bond acceptors (Lipinski definition) is 3. The number of rotatable bonds is 5. The summed E-state index contributed by atoms with van der Waals surface area (Å²) in [5, 5.41) is 11.3. The molecule has 2 N–H and O–H groups in total. The number of halogens is 1. The van der Waals surface area contributed by atoms with E-state index < -0.39 is 17.9 Å². The molecule has 6 heteroatoms. The second-order valence-electron chi connectivity index (χ2n) is 3.25. The van der Waals surface area contributed by atoms with Crippen LogP contribution in [0, 0.1) is 0 Å². The summed E-state index contributed by atoms with van der Waals surface area (Å²) < 4.78 is 4.96. The van der Waals surface area contributed by atoms with Gasteiger partial charge in [-0.15, -0.1) is 11.6 Å². The highest BCUT2D eigenvalue weighted by Gasteiger charge is 2.21. The van der Waals surface area contributed by atoms with E-state index in [1.165, 1.54) is 7.11 Å². The Labute approximate surface area is 103 Å². The molecule has 17 heavy (non-hydrogen) atoms. The molecule has 0 aromatic heterocycles. The van der Waals surface area contributed by atoms with Crippen LogP contribution >= 0.6 is 11.6 Å². The molecule has 0 heterocycles. The number of carbonyl (C=O) groups excluding carboxylic acids is 1. The molecule has 1 aromatic carbocycles. The van der Waals surface area contributed by atoms with Gasteiger partial charge in [-0.3, -0.25) is 4.79 Å². The molecule has 1 amide bonds. The lowest BCUT2D eigenvalue weighted by Crippen LogP contribution is -2.34. The smallest absolute Gasteiger partial charge is 0.330 e. The van der Waals surface area contributed by atoms with Gasteiger partial charge in [0.05, 0.1) is 7.11 Å². The zero-order chi connectivity index (χ0) is 12.8. The summed E-state index contributed by atoms with van der Waals surface area (Å²) in [5.41, 5.74) is 0.455. The number of ether oxygens (including phenoxy) is 1. The van der Waals surface area contributed by atoms with Gasteiger partial charge in [0.15, 0.2) is 6.04 Å². The molecule has 92 valence electrons. The Morgan fingerprint density at radius 2 is 2.00 bits per heavy atom. The Balaban J connectivity index is 2.89. The third kappa shape index (κ3) is 3.64. The van der Waals surface area contributed by atoms with Gasteiger partial charge in [-0.1, -0.05) is 12.1 Å². The molecule has 0 spiro atoms. The van der Waals surface area contributed by atoms with E-state index in [2.05, 4.69) is 5.32 Å². The van der Waals surface area contributed by atoms with Crippen molar-refractivity contribution in [3.8, 4) is 5.75 Å². The highest BCUT2D eigenvalue weighted by Crippen LogP contribution is 2.17. The normalized spacial score (nSPS) is 11.6. The van der Waals surface area contributed by atoms with Crippen LogP contribution in [0.15, 0.2) is 24.3 Å². The van der Waals surface area contributed by atoms with Crippen molar-refractivity contribution in [3.63, 3.8) is 0 Å². The number of carboxylic acid groups (broad SMARTS) is 1. The number of carboxylic acids is 1. The van der Waals surface area contributed by atoms with E-state index >= 15 is 0 Å². The van der Waals surface area contributed by atoms with E-state index in [0.29, 0.717) is 11.3 Å². The minimum atomic E-state index is -1.14. The monoisotopic (exact) mass is 257 g/mol. The highest BCUT2D eigenvalue weighted by molar-refractivity contribution is 6.27. The van der Waals surface area contributed by atoms with E-state index in [4.69, 9.17) is 21.4 Å². The largest absolute Gasteiger partial charge is 0.497 e. The fourth-order valence-electron chi connectivity index (χ4n) is 1.28. The van der Waals surface area contributed by atoms with Crippen LogP contribution in [-0.4, -0.2) is 30.0 Å². The van der Waals surface area contributed by atoms with Crippen LogP contribution < -0.4 is 10.1 Å². The second-order valence-corrected chi connectivity index (χ2v) is 3.51. The third-order valence-electron chi connectivity index (χ3n) is 2.12. The molecular formula is C11H12ClNO4. The average Bonchev–Trinajstić information content (AvgIpc) is 2.35. The quantitative estimate of drug-likeness (QED) is 0.777. The van der Waals surface area contributed by atoms with Gasteiger partial charge in [0.1, 0.15) is 11.6 Å². The summed E-state index contributed by atoms with van der Waals surface area (Å²) in [6.45, 7) is 0. The molecule has 0 aliphatic rings. The molecule has 0 aliphatic carbocycles. The SMILES string of the molecule is COc1ccc([C@@H](NC(=O)CCl)C(=O)O)cc1. The third-order valence-corrected chi connectivity index (χ3v) is 2.37. The van der Waals surface area contributed by atoms with Gasteiger partial charge in [0, 0.05) is 0 Å². The number of aliphatic carboxylic acids is 1. The number of amides is 1. The summed E-state index contributed by atoms with van der Waals surface area (Å²) in [6.07, 6.45) is 0. The minimum Gasteiger partial charge on any atom is -0.497 e. The van der Waals surface area contributed by atoms with Gasteiger partial charge < -0.3 is 15.2 Å². The van der Waals surface area contributed by atoms with E-state index in [1.807, 2.05) is 0 Å². The first-order chi connectivity index (χ1) is 8.08. The maximum atomic E-state index is 11.1. The Morgan fingerprint density at radius 1 is 1.41 bits per heavy atom. The first kappa shape index (κ1) is 13.3. The van der Waals surface area contributed by atoms with E-state index in [1.54, 1.807) is 24.3 Å². The Kier molecular flexibility index (Phi) is 4.78. The molecular weight excluding hydrogens is 246 g/mol. The number of alkyl halides is 1. The number of carbonyl (C=O) groups is 2. The molecule has 0 saturated heterocycles. The van der Waals surface area contributed by atoms with Crippen LogP contribution in [0.3, 0.4) is 0 Å². The molecule has 1 aromatic rings. The van der Waals surface area contributed by atoms with Crippen LogP contribution in [0.4, 0.5) is 0 Å². The van der Waals surface area contributed by atoms with Crippen molar-refractivity contribution >= 4 is 23.5 Å². The molecule has 0 radical (unpaired) electrons. The molecule has 0 unspecified atom stereocenters. The summed E-state index contributed by atoms with van der Waals surface area (Å²) in [5.74, 6) is -1.34. The van der Waals surface area contributed by atoms with E-state index in [0.717, 1.165) is 0 Å². The lowest BCUT2D eigenvalue weighted by Gasteiger charge is -2.14. The molecule has 1 atom stereocenters. The first-order valence-electron chi connectivity index (χ1n) is 4.80. The summed E-state index contributed by atoms with van der Waals surface area (Å²) >= 11 is 5.31. The van der Waals surface area contributed by atoms with Crippen LogP contribution in [0.25, 0.3) is 0 Å². The summed E-state index contributed by atoms with van der Waals surface area (Å²) in [6, 6.07) is 5.29. The Bertz CT molecular complexity index is 404. The van der Waals surface area contributed by atoms with Crippen molar-refractivity contribution in [2.24, 2.45) is 0 Å². The zero-order valence-corrected chi connectivity index (χ0v) is 9.90. The van der Waals surface area contributed by atoms with Gasteiger partial charge in [-0.05, 0) is 17.7 Å². The highest BCUT2D eigenvalue weighted by atomic mass is 35.5. The maximum absolute atomic E-state index is 11.1. The van der Waals surface area contributed by atoms with Crippen LogP contribution in [0.1, 0.15) is 11.6 Å². The van der Waals surface area contributed by atoms with Crippen molar-refractivity contribution in [1.29, 1.82) is 0 Å². The van der Waals surface area contributed by atoms with Crippen molar-refractivity contribution in [2.45, 2.75) is 6.04 Å². The van der Waals surface area contributed by atoms with Crippen molar-refractivity contribution in [2.75, 3.05) is 13.0 Å². The molecule has 5 nitrogen and oxygen atoms in total. The van der Waals surface area contributed by atoms with Crippen LogP contribution in [-0.2, 0) is 9.59 Å². The van der Waals surface area contributed by atoms with Gasteiger partial charge in [-0.2, -0.15) is 0 Å². The van der Waals surface area contributed by atoms with E-state index in [-0.39, 0.29) is 5.88 Å². The minimum absolute atomic E-state index is 0.278. The lowest BCUT2D eigenvalue weighted by molar-refractivity contribution is -0.141. The predicted octanol–water partition coefficient (Wildman–Crippen LogP) is 1.18. The van der Waals surface area contributed by atoms with Gasteiger partial charge in [0.2, 0.25) is 5.91 Å².